The number of hydrogen-bond donors (Lipinski definition) is 1. The topological polar surface area (TPSA) is 65.6 Å². The molecule has 29 heavy (non-hydrogen) atoms. The zero-order chi connectivity index (χ0) is 19.8. The van der Waals surface area contributed by atoms with Gasteiger partial charge in [0.05, 0.1) is 16.6 Å². The van der Waals surface area contributed by atoms with Crippen molar-refractivity contribution >= 4 is 22.5 Å². The number of imidazole rings is 1. The number of hydrogen-bond acceptors (Lipinski definition) is 5. The van der Waals surface area contributed by atoms with Crippen molar-refractivity contribution in [3.63, 3.8) is 0 Å². The third-order valence-electron chi connectivity index (χ3n) is 6.37. The van der Waals surface area contributed by atoms with Gasteiger partial charge in [0.15, 0.2) is 5.65 Å². The molecule has 2 fully saturated rings. The molecule has 0 aliphatic carbocycles. The minimum Gasteiger partial charge on any atom is -0.381 e. The van der Waals surface area contributed by atoms with E-state index >= 15 is 0 Å². The Bertz CT molecular complexity index is 1080. The van der Waals surface area contributed by atoms with Gasteiger partial charge in [-0.05, 0) is 48.4 Å². The predicted molar refractivity (Wildman–Crippen MR) is 115 cm³/mol. The van der Waals surface area contributed by atoms with Gasteiger partial charge < -0.3 is 15.0 Å². The van der Waals surface area contributed by atoms with Crippen LogP contribution in [0.25, 0.3) is 16.7 Å². The van der Waals surface area contributed by atoms with E-state index < -0.39 is 0 Å². The average Bonchev–Trinajstić information content (AvgIpc) is 3.17. The molecule has 2 saturated heterocycles. The fourth-order valence-electron chi connectivity index (χ4n) is 5.04. The highest BCUT2D eigenvalue weighted by atomic mass is 16.5. The van der Waals surface area contributed by atoms with Gasteiger partial charge in [-0.15, -0.1) is 0 Å². The summed E-state index contributed by atoms with van der Waals surface area (Å²) in [7, 11) is 0. The lowest BCUT2D eigenvalue weighted by Gasteiger charge is -2.34. The van der Waals surface area contributed by atoms with Gasteiger partial charge >= 0.3 is 0 Å². The summed E-state index contributed by atoms with van der Waals surface area (Å²) in [5.74, 6) is 1.60. The van der Waals surface area contributed by atoms with E-state index in [1.54, 1.807) is 0 Å². The zero-order valence-electron chi connectivity index (χ0n) is 16.9. The first kappa shape index (κ1) is 18.4. The quantitative estimate of drug-likeness (QED) is 0.745. The van der Waals surface area contributed by atoms with Crippen LogP contribution in [-0.2, 0) is 11.2 Å². The number of anilines is 1. The third-order valence-corrected chi connectivity index (χ3v) is 6.37. The Morgan fingerprint density at radius 2 is 1.97 bits per heavy atom. The lowest BCUT2D eigenvalue weighted by atomic mass is 9.84. The number of nitriles is 1. The van der Waals surface area contributed by atoms with E-state index in [1.807, 2.05) is 12.1 Å². The fraction of sp³-hybridized carbons (Fsp3) is 0.478. The number of ether oxygens (including phenoxy) is 1. The van der Waals surface area contributed by atoms with Gasteiger partial charge in [-0.1, -0.05) is 19.1 Å². The maximum atomic E-state index is 10.2. The number of benzene rings is 1. The molecule has 2 aliphatic heterocycles. The van der Waals surface area contributed by atoms with E-state index in [0.717, 1.165) is 80.9 Å². The second-order valence-corrected chi connectivity index (χ2v) is 7.94. The lowest BCUT2D eigenvalue weighted by molar-refractivity contribution is 0.0851. The Kier molecular flexibility index (Phi) is 4.86. The van der Waals surface area contributed by atoms with Crippen molar-refractivity contribution in [1.82, 2.24) is 14.7 Å². The highest BCUT2D eigenvalue weighted by Crippen LogP contribution is 2.40. The minimum absolute atomic E-state index is 0.361. The number of nitrogens with zero attached hydrogens (tertiary/aromatic N) is 4. The molecule has 2 aliphatic rings. The summed E-state index contributed by atoms with van der Waals surface area (Å²) in [4.78, 5) is 7.43. The zero-order valence-corrected chi connectivity index (χ0v) is 16.9. The summed E-state index contributed by atoms with van der Waals surface area (Å²) < 4.78 is 7.88. The summed E-state index contributed by atoms with van der Waals surface area (Å²) in [6, 6.07) is 10.8. The van der Waals surface area contributed by atoms with Crippen molar-refractivity contribution in [2.45, 2.75) is 32.1 Å². The van der Waals surface area contributed by atoms with E-state index in [2.05, 4.69) is 39.7 Å². The maximum Gasteiger partial charge on any atom is 0.157 e. The molecular weight excluding hydrogens is 362 g/mol. The molecule has 5 rings (SSSR count). The van der Waals surface area contributed by atoms with Crippen LogP contribution >= 0.6 is 0 Å². The van der Waals surface area contributed by atoms with Gasteiger partial charge in [-0.25, -0.2) is 4.98 Å². The molecule has 6 nitrogen and oxygen atoms in total. The second-order valence-electron chi connectivity index (χ2n) is 7.94. The summed E-state index contributed by atoms with van der Waals surface area (Å²) in [6.45, 7) is 7.64. The van der Waals surface area contributed by atoms with Gasteiger partial charge in [-0.2, -0.15) is 5.26 Å². The molecule has 2 aromatic heterocycles. The molecule has 0 bridgehead atoms. The van der Waals surface area contributed by atoms with Crippen molar-refractivity contribution in [3.8, 4) is 6.07 Å². The maximum absolute atomic E-state index is 10.2. The number of rotatable bonds is 3. The van der Waals surface area contributed by atoms with Crippen LogP contribution in [0.5, 0.6) is 0 Å². The summed E-state index contributed by atoms with van der Waals surface area (Å²) in [5.41, 5.74) is 6.12. The van der Waals surface area contributed by atoms with Crippen LogP contribution < -0.4 is 10.2 Å². The van der Waals surface area contributed by atoms with E-state index in [0.29, 0.717) is 5.92 Å². The number of fused-ring (bicyclic) bond motifs is 3. The molecule has 1 N–H and O–H groups in total. The van der Waals surface area contributed by atoms with E-state index in [1.165, 1.54) is 16.9 Å². The molecule has 4 heterocycles. The SMILES string of the molecule is CCc1c(C2CCOCC2)c(C#N)c2nc3ccccc3n2c1N1CCNCC1. The van der Waals surface area contributed by atoms with Crippen LogP contribution in [0.4, 0.5) is 5.82 Å². The Labute approximate surface area is 171 Å². The Morgan fingerprint density at radius 1 is 1.21 bits per heavy atom. The van der Waals surface area contributed by atoms with Crippen LogP contribution in [0, 0.1) is 11.3 Å². The standard InChI is InChI=1S/C23H27N5O/c1-2-17-21(16-7-13-29-14-8-16)18(15-24)22-26-19-5-3-4-6-20(19)28(22)23(17)27-11-9-25-10-12-27/h3-6,16,25H,2,7-14H2,1H3. The Balaban J connectivity index is 1.88. The van der Waals surface area contributed by atoms with Crippen molar-refractivity contribution < 1.29 is 4.74 Å². The van der Waals surface area contributed by atoms with Crippen LogP contribution in [0.2, 0.25) is 0 Å². The first-order valence-electron chi connectivity index (χ1n) is 10.7. The number of para-hydroxylation sites is 2. The average molecular weight is 390 g/mol. The van der Waals surface area contributed by atoms with Gasteiger partial charge in [-0.3, -0.25) is 4.40 Å². The number of pyridine rings is 1. The highest BCUT2D eigenvalue weighted by Gasteiger charge is 2.30. The van der Waals surface area contributed by atoms with E-state index in [-0.39, 0.29) is 0 Å². The molecule has 6 heteroatoms. The highest BCUT2D eigenvalue weighted by molar-refractivity contribution is 5.86. The van der Waals surface area contributed by atoms with Crippen molar-refractivity contribution in [1.29, 1.82) is 5.26 Å². The van der Waals surface area contributed by atoms with Gasteiger partial charge in [0.25, 0.3) is 0 Å². The molecule has 3 aromatic rings. The molecule has 1 aromatic carbocycles. The van der Waals surface area contributed by atoms with E-state index in [9.17, 15) is 5.26 Å². The summed E-state index contributed by atoms with van der Waals surface area (Å²) >= 11 is 0. The van der Waals surface area contributed by atoms with E-state index in [4.69, 9.17) is 9.72 Å². The third kappa shape index (κ3) is 2.97. The Hall–Kier alpha value is -2.62. The monoisotopic (exact) mass is 389 g/mol. The number of piperazine rings is 1. The van der Waals surface area contributed by atoms with Crippen molar-refractivity contribution in [2.75, 3.05) is 44.3 Å². The fourth-order valence-corrected chi connectivity index (χ4v) is 5.04. The molecule has 0 unspecified atom stereocenters. The molecular formula is C23H27N5O. The number of nitrogens with one attached hydrogen (secondary N) is 1. The van der Waals surface area contributed by atoms with Gasteiger partial charge in [0, 0.05) is 39.4 Å². The smallest absolute Gasteiger partial charge is 0.157 e. The summed E-state index contributed by atoms with van der Waals surface area (Å²) in [6.07, 6.45) is 2.85. The van der Waals surface area contributed by atoms with Crippen molar-refractivity contribution in [2.24, 2.45) is 0 Å². The molecule has 150 valence electrons. The molecule has 0 saturated carbocycles. The van der Waals surface area contributed by atoms with Crippen LogP contribution in [0.3, 0.4) is 0 Å². The molecule has 0 amide bonds. The predicted octanol–water partition coefficient (Wildman–Crippen LogP) is 3.23. The largest absolute Gasteiger partial charge is 0.381 e. The summed E-state index contributed by atoms with van der Waals surface area (Å²) in [5, 5.41) is 13.7. The Morgan fingerprint density at radius 3 is 2.69 bits per heavy atom. The van der Waals surface area contributed by atoms with Gasteiger partial charge in [0.1, 0.15) is 11.9 Å². The van der Waals surface area contributed by atoms with Crippen LogP contribution in [-0.4, -0.2) is 48.8 Å². The lowest BCUT2D eigenvalue weighted by Crippen LogP contribution is -2.44. The number of aromatic nitrogens is 2. The first-order valence-corrected chi connectivity index (χ1v) is 10.7. The van der Waals surface area contributed by atoms with Crippen LogP contribution in [0.1, 0.15) is 42.4 Å². The first-order chi connectivity index (χ1) is 14.3. The van der Waals surface area contributed by atoms with Crippen LogP contribution in [0.15, 0.2) is 24.3 Å². The second kappa shape index (κ2) is 7.66. The molecule has 0 radical (unpaired) electrons. The normalized spacial score (nSPS) is 18.4. The van der Waals surface area contributed by atoms with Crippen molar-refractivity contribution in [3.05, 3.63) is 41.0 Å². The molecule has 0 atom stereocenters. The van der Waals surface area contributed by atoms with Gasteiger partial charge in [0.2, 0.25) is 0 Å². The molecule has 0 spiro atoms. The minimum atomic E-state index is 0.361.